The van der Waals surface area contributed by atoms with Crippen molar-refractivity contribution in [2.75, 3.05) is 32.5 Å². The van der Waals surface area contributed by atoms with Crippen molar-refractivity contribution in [3.05, 3.63) is 45.8 Å². The second kappa shape index (κ2) is 8.28. The Kier molecular flexibility index (Phi) is 6.36. The summed E-state index contributed by atoms with van der Waals surface area (Å²) in [4.78, 5) is 22.7. The molecule has 2 aromatic rings. The van der Waals surface area contributed by atoms with E-state index in [0.29, 0.717) is 39.6 Å². The molecule has 0 aliphatic rings. The molecule has 0 aliphatic carbocycles. The number of nitrogens with one attached hydrogen (secondary N) is 2. The molecule has 0 fully saturated rings. The molecule has 2 rings (SSSR count). The molecule has 0 aliphatic heterocycles. The van der Waals surface area contributed by atoms with Gasteiger partial charge in [0.15, 0.2) is 0 Å². The van der Waals surface area contributed by atoms with Crippen LogP contribution in [0.15, 0.2) is 24.3 Å². The van der Waals surface area contributed by atoms with Gasteiger partial charge < -0.3 is 15.5 Å². The average molecular weight is 368 g/mol. The lowest BCUT2D eigenvalue weighted by Gasteiger charge is -2.11. The fraction of sp³-hybridized carbons (Fsp3) is 0.312. The van der Waals surface area contributed by atoms with E-state index in [2.05, 4.69) is 20.6 Å². The quantitative estimate of drug-likeness (QED) is 0.820. The van der Waals surface area contributed by atoms with Crippen LogP contribution in [-0.2, 0) is 0 Å². The molecule has 1 heterocycles. The summed E-state index contributed by atoms with van der Waals surface area (Å²) < 4.78 is 0. The van der Waals surface area contributed by atoms with Gasteiger partial charge in [-0.25, -0.2) is 9.97 Å². The van der Waals surface area contributed by atoms with Crippen molar-refractivity contribution >= 4 is 40.6 Å². The van der Waals surface area contributed by atoms with Crippen LogP contribution in [0, 0.1) is 6.92 Å². The summed E-state index contributed by atoms with van der Waals surface area (Å²) in [6.07, 6.45) is 0. The van der Waals surface area contributed by atoms with Crippen molar-refractivity contribution in [2.24, 2.45) is 0 Å². The molecule has 24 heavy (non-hydrogen) atoms. The van der Waals surface area contributed by atoms with E-state index < -0.39 is 0 Å². The van der Waals surface area contributed by atoms with Crippen LogP contribution in [0.1, 0.15) is 16.3 Å². The fourth-order valence-corrected chi connectivity index (χ4v) is 2.53. The topological polar surface area (TPSA) is 70.2 Å². The van der Waals surface area contributed by atoms with Crippen molar-refractivity contribution in [2.45, 2.75) is 6.92 Å². The lowest BCUT2D eigenvalue weighted by molar-refractivity contribution is 0.0945. The van der Waals surface area contributed by atoms with Crippen LogP contribution in [-0.4, -0.2) is 48.0 Å². The molecule has 0 atom stereocenters. The number of carbonyl (C=O) groups is 1. The number of benzene rings is 1. The fourth-order valence-electron chi connectivity index (χ4n) is 2.01. The van der Waals surface area contributed by atoms with Crippen molar-refractivity contribution in [3.63, 3.8) is 0 Å². The Hall–Kier alpha value is -1.89. The zero-order valence-electron chi connectivity index (χ0n) is 13.7. The highest BCUT2D eigenvalue weighted by Crippen LogP contribution is 2.24. The summed E-state index contributed by atoms with van der Waals surface area (Å²) in [6, 6.07) is 6.68. The summed E-state index contributed by atoms with van der Waals surface area (Å²) in [5.74, 6) is 0.749. The maximum atomic E-state index is 12.2. The number of amides is 1. The van der Waals surface area contributed by atoms with Crippen LogP contribution in [0.2, 0.25) is 10.0 Å². The van der Waals surface area contributed by atoms with Crippen LogP contribution in [0.4, 0.5) is 11.5 Å². The largest absolute Gasteiger partial charge is 0.349 e. The molecule has 128 valence electrons. The van der Waals surface area contributed by atoms with Crippen molar-refractivity contribution < 1.29 is 4.79 Å². The average Bonchev–Trinajstić information content (AvgIpc) is 2.44. The van der Waals surface area contributed by atoms with Crippen LogP contribution in [0.3, 0.4) is 0 Å². The Morgan fingerprint density at radius 3 is 2.42 bits per heavy atom. The number of likely N-dealkylation sites (N-methyl/N-ethyl adjacent to an activating group) is 1. The zero-order chi connectivity index (χ0) is 17.7. The number of nitrogens with zero attached hydrogens (tertiary/aromatic N) is 3. The van der Waals surface area contributed by atoms with Crippen molar-refractivity contribution in [1.29, 1.82) is 0 Å². The number of aryl methyl sites for hydroxylation is 1. The molecule has 1 aromatic carbocycles. The molecule has 2 N–H and O–H groups in total. The summed E-state index contributed by atoms with van der Waals surface area (Å²) in [5.41, 5.74) is 0.987. The van der Waals surface area contributed by atoms with E-state index in [1.165, 1.54) is 0 Å². The number of aromatic nitrogens is 2. The predicted octanol–water partition coefficient (Wildman–Crippen LogP) is 3.13. The number of hydrogen-bond acceptors (Lipinski definition) is 5. The first-order valence-corrected chi connectivity index (χ1v) is 8.11. The Morgan fingerprint density at radius 1 is 1.12 bits per heavy atom. The predicted molar refractivity (Wildman–Crippen MR) is 97.4 cm³/mol. The summed E-state index contributed by atoms with van der Waals surface area (Å²) >= 11 is 12.0. The summed E-state index contributed by atoms with van der Waals surface area (Å²) in [6.45, 7) is 3.02. The van der Waals surface area contributed by atoms with Crippen LogP contribution in [0.25, 0.3) is 0 Å². The van der Waals surface area contributed by atoms with Gasteiger partial charge in [-0.2, -0.15) is 0 Å². The first kappa shape index (κ1) is 18.4. The van der Waals surface area contributed by atoms with Crippen molar-refractivity contribution in [1.82, 2.24) is 20.2 Å². The Balaban J connectivity index is 2.14. The Morgan fingerprint density at radius 2 is 1.79 bits per heavy atom. The van der Waals surface area contributed by atoms with E-state index >= 15 is 0 Å². The second-order valence-electron chi connectivity index (χ2n) is 5.53. The lowest BCUT2D eigenvalue weighted by atomic mass is 10.3. The van der Waals surface area contributed by atoms with Gasteiger partial charge >= 0.3 is 0 Å². The smallest absolute Gasteiger partial charge is 0.270 e. The van der Waals surface area contributed by atoms with E-state index in [9.17, 15) is 4.79 Å². The number of rotatable bonds is 6. The van der Waals surface area contributed by atoms with Crippen LogP contribution >= 0.6 is 23.2 Å². The molecular weight excluding hydrogens is 349 g/mol. The Labute approximate surface area is 151 Å². The number of hydrogen-bond donors (Lipinski definition) is 2. The van der Waals surface area contributed by atoms with E-state index in [1.807, 2.05) is 19.0 Å². The van der Waals surface area contributed by atoms with Gasteiger partial charge in [0.1, 0.15) is 17.3 Å². The maximum Gasteiger partial charge on any atom is 0.270 e. The first-order chi connectivity index (χ1) is 11.3. The zero-order valence-corrected chi connectivity index (χ0v) is 15.2. The molecule has 0 unspecified atom stereocenters. The Bertz CT molecular complexity index is 716. The number of carbonyl (C=O) groups excluding carboxylic acids is 1. The SMILES string of the molecule is Cc1nc(Nc2cc(Cl)cc(Cl)c2)cc(C(=O)NCCN(C)C)n1. The molecule has 1 aromatic heterocycles. The van der Waals surface area contributed by atoms with Gasteiger partial charge in [-0.1, -0.05) is 23.2 Å². The monoisotopic (exact) mass is 367 g/mol. The molecule has 0 saturated carbocycles. The van der Waals surface area contributed by atoms with Crippen LogP contribution in [0.5, 0.6) is 0 Å². The molecule has 0 saturated heterocycles. The highest BCUT2D eigenvalue weighted by atomic mass is 35.5. The molecule has 1 amide bonds. The minimum absolute atomic E-state index is 0.241. The van der Waals surface area contributed by atoms with Gasteiger partial charge in [0.2, 0.25) is 0 Å². The standard InChI is InChI=1S/C16H19Cl2N5O/c1-10-20-14(16(24)19-4-5-23(2)3)9-15(21-10)22-13-7-11(17)6-12(18)8-13/h6-9H,4-5H2,1-3H3,(H,19,24)(H,20,21,22). The van der Waals surface area contributed by atoms with E-state index in [0.717, 1.165) is 6.54 Å². The van der Waals surface area contributed by atoms with Crippen LogP contribution < -0.4 is 10.6 Å². The maximum absolute atomic E-state index is 12.2. The second-order valence-corrected chi connectivity index (χ2v) is 6.40. The minimum Gasteiger partial charge on any atom is -0.349 e. The molecule has 8 heteroatoms. The van der Waals surface area contributed by atoms with Gasteiger partial charge in [0.25, 0.3) is 5.91 Å². The molecular formula is C16H19Cl2N5O. The highest BCUT2D eigenvalue weighted by Gasteiger charge is 2.11. The van der Waals surface area contributed by atoms with Gasteiger partial charge in [-0.15, -0.1) is 0 Å². The third kappa shape index (κ3) is 5.63. The molecule has 0 spiro atoms. The molecule has 0 radical (unpaired) electrons. The van der Waals surface area contributed by atoms with Gasteiger partial charge in [0.05, 0.1) is 0 Å². The molecule has 0 bridgehead atoms. The molecule has 6 nitrogen and oxygen atoms in total. The number of anilines is 2. The first-order valence-electron chi connectivity index (χ1n) is 7.35. The summed E-state index contributed by atoms with van der Waals surface area (Å²) in [5, 5.41) is 6.94. The van der Waals surface area contributed by atoms with Gasteiger partial charge in [-0.05, 0) is 39.2 Å². The third-order valence-electron chi connectivity index (χ3n) is 3.05. The number of halogens is 2. The van der Waals surface area contributed by atoms with E-state index in [1.54, 1.807) is 31.2 Å². The summed E-state index contributed by atoms with van der Waals surface area (Å²) in [7, 11) is 3.89. The lowest BCUT2D eigenvalue weighted by Crippen LogP contribution is -2.32. The highest BCUT2D eigenvalue weighted by molar-refractivity contribution is 6.35. The van der Waals surface area contributed by atoms with E-state index in [4.69, 9.17) is 23.2 Å². The van der Waals surface area contributed by atoms with Crippen molar-refractivity contribution in [3.8, 4) is 0 Å². The van der Waals surface area contributed by atoms with Gasteiger partial charge in [-0.3, -0.25) is 4.79 Å². The van der Waals surface area contributed by atoms with E-state index in [-0.39, 0.29) is 5.91 Å². The van der Waals surface area contributed by atoms with Gasteiger partial charge in [0, 0.05) is 34.9 Å². The minimum atomic E-state index is -0.241. The third-order valence-corrected chi connectivity index (χ3v) is 3.49. The normalized spacial score (nSPS) is 10.8.